The first-order chi connectivity index (χ1) is 15.3. The Bertz CT molecular complexity index is 1340. The molecule has 0 aromatic heterocycles. The van der Waals surface area contributed by atoms with E-state index in [4.69, 9.17) is 0 Å². The highest BCUT2D eigenvalue weighted by Gasteiger charge is 2.38. The second kappa shape index (κ2) is 7.16. The third-order valence-electron chi connectivity index (χ3n) is 5.75. The number of benzene rings is 3. The van der Waals surface area contributed by atoms with Crippen LogP contribution in [0.15, 0.2) is 60.7 Å². The van der Waals surface area contributed by atoms with Crippen molar-refractivity contribution in [3.05, 3.63) is 88.5 Å². The van der Waals surface area contributed by atoms with Crippen LogP contribution in [-0.2, 0) is 4.79 Å². The number of anilines is 3. The van der Waals surface area contributed by atoms with E-state index in [1.807, 2.05) is 26.0 Å². The number of hydrogen-bond donors (Lipinski definition) is 1. The normalized spacial score (nSPS) is 14.9. The van der Waals surface area contributed by atoms with Gasteiger partial charge in [-0.1, -0.05) is 24.3 Å². The van der Waals surface area contributed by atoms with Crippen molar-refractivity contribution in [2.45, 2.75) is 13.8 Å². The minimum absolute atomic E-state index is 0.131. The Kier molecular flexibility index (Phi) is 4.41. The summed E-state index contributed by atoms with van der Waals surface area (Å²) in [5.41, 5.74) is 4.06. The summed E-state index contributed by atoms with van der Waals surface area (Å²) in [4.78, 5) is 54.1. The number of carbonyl (C=O) groups excluding carboxylic acids is 4. The van der Waals surface area contributed by atoms with E-state index in [0.29, 0.717) is 17.1 Å². The number of hydrogen-bond acceptors (Lipinski definition) is 4. The largest absolute Gasteiger partial charge is 0.323 e. The minimum atomic E-state index is -0.467. The van der Waals surface area contributed by atoms with Crippen molar-refractivity contribution in [3.63, 3.8) is 0 Å². The molecule has 3 aromatic rings. The molecule has 0 atom stereocenters. The highest BCUT2D eigenvalue weighted by atomic mass is 16.2. The molecule has 158 valence electrons. The highest BCUT2D eigenvalue weighted by molar-refractivity contribution is 6.35. The second-order valence-corrected chi connectivity index (χ2v) is 7.95. The molecule has 1 N–H and O–H groups in total. The smallest absolute Gasteiger partial charge is 0.266 e. The Morgan fingerprint density at radius 1 is 0.844 bits per heavy atom. The van der Waals surface area contributed by atoms with Gasteiger partial charge in [-0.25, -0.2) is 4.90 Å². The molecule has 3 aromatic carbocycles. The van der Waals surface area contributed by atoms with E-state index >= 15 is 0 Å². The summed E-state index contributed by atoms with van der Waals surface area (Å²) in [5, 5.41) is 2.75. The van der Waals surface area contributed by atoms with Crippen molar-refractivity contribution < 1.29 is 19.2 Å². The standard InChI is InChI=1S/C25H19N3O4/c1-14-7-8-15(2)21(11-14)28-24(31)17-10-9-16(12-18(17)25(28)32)23(30)27-13-22(29)26-19-5-3-4-6-20(19)27/h3-12H,13H2,1-2H3,(H,26,29). The van der Waals surface area contributed by atoms with Gasteiger partial charge >= 0.3 is 0 Å². The highest BCUT2D eigenvalue weighted by Crippen LogP contribution is 2.33. The van der Waals surface area contributed by atoms with Crippen LogP contribution in [0.25, 0.3) is 0 Å². The first-order valence-electron chi connectivity index (χ1n) is 10.2. The Labute approximate surface area is 184 Å². The van der Waals surface area contributed by atoms with Gasteiger partial charge in [0.2, 0.25) is 5.91 Å². The molecule has 0 spiro atoms. The van der Waals surface area contributed by atoms with Crippen molar-refractivity contribution in [1.82, 2.24) is 0 Å². The summed E-state index contributed by atoms with van der Waals surface area (Å²) in [5.74, 6) is -1.60. The summed E-state index contributed by atoms with van der Waals surface area (Å²) in [6.45, 7) is 3.60. The lowest BCUT2D eigenvalue weighted by atomic mass is 10.0. The fourth-order valence-corrected chi connectivity index (χ4v) is 4.12. The molecule has 0 saturated heterocycles. The molecule has 7 nitrogen and oxygen atoms in total. The maximum atomic E-state index is 13.3. The van der Waals surface area contributed by atoms with Crippen molar-refractivity contribution in [3.8, 4) is 0 Å². The SMILES string of the molecule is Cc1ccc(C)c(N2C(=O)c3ccc(C(=O)N4CC(=O)Nc5ccccc54)cc3C2=O)c1. The fraction of sp³-hybridized carbons (Fsp3) is 0.120. The van der Waals surface area contributed by atoms with Gasteiger partial charge in [0, 0.05) is 5.56 Å². The summed E-state index contributed by atoms with van der Waals surface area (Å²) >= 11 is 0. The van der Waals surface area contributed by atoms with Crippen molar-refractivity contribution >= 4 is 40.7 Å². The van der Waals surface area contributed by atoms with Crippen LogP contribution >= 0.6 is 0 Å². The third-order valence-corrected chi connectivity index (χ3v) is 5.75. The van der Waals surface area contributed by atoms with E-state index in [1.54, 1.807) is 30.3 Å². The number of nitrogens with one attached hydrogen (secondary N) is 1. The zero-order valence-electron chi connectivity index (χ0n) is 17.5. The van der Waals surface area contributed by atoms with Crippen LogP contribution in [0.5, 0.6) is 0 Å². The molecule has 5 rings (SSSR count). The quantitative estimate of drug-likeness (QED) is 0.635. The third kappa shape index (κ3) is 2.98. The zero-order valence-corrected chi connectivity index (χ0v) is 17.5. The molecule has 32 heavy (non-hydrogen) atoms. The molecule has 0 fully saturated rings. The molecule has 4 amide bonds. The Morgan fingerprint density at radius 3 is 2.41 bits per heavy atom. The van der Waals surface area contributed by atoms with Crippen LogP contribution in [0.3, 0.4) is 0 Å². The van der Waals surface area contributed by atoms with Gasteiger partial charge in [0.15, 0.2) is 0 Å². The predicted octanol–water partition coefficient (Wildman–Crippen LogP) is 3.70. The maximum absolute atomic E-state index is 13.3. The number of rotatable bonds is 2. The molecular weight excluding hydrogens is 406 g/mol. The van der Waals surface area contributed by atoms with Gasteiger partial charge in [-0.3, -0.25) is 24.1 Å². The lowest BCUT2D eigenvalue weighted by molar-refractivity contribution is -0.115. The molecule has 2 aliphatic rings. The van der Waals surface area contributed by atoms with E-state index in [2.05, 4.69) is 5.32 Å². The van der Waals surface area contributed by atoms with E-state index in [1.165, 1.54) is 23.1 Å². The lowest BCUT2D eigenvalue weighted by Gasteiger charge is -2.29. The molecular formula is C25H19N3O4. The van der Waals surface area contributed by atoms with Crippen LogP contribution < -0.4 is 15.1 Å². The first kappa shape index (κ1) is 19.7. The predicted molar refractivity (Wildman–Crippen MR) is 120 cm³/mol. The molecule has 0 aliphatic carbocycles. The molecule has 0 bridgehead atoms. The Morgan fingerprint density at radius 2 is 1.59 bits per heavy atom. The molecule has 2 heterocycles. The average Bonchev–Trinajstić information content (AvgIpc) is 3.03. The fourth-order valence-electron chi connectivity index (χ4n) is 4.12. The number of fused-ring (bicyclic) bond motifs is 2. The van der Waals surface area contributed by atoms with Crippen molar-refractivity contribution in [2.24, 2.45) is 0 Å². The van der Waals surface area contributed by atoms with E-state index in [0.717, 1.165) is 16.0 Å². The van der Waals surface area contributed by atoms with Crippen LogP contribution in [0.1, 0.15) is 42.2 Å². The van der Waals surface area contributed by atoms with Gasteiger partial charge in [0.05, 0.1) is 28.2 Å². The zero-order chi connectivity index (χ0) is 22.6. The first-order valence-corrected chi connectivity index (χ1v) is 10.2. The monoisotopic (exact) mass is 425 g/mol. The molecule has 0 unspecified atom stereocenters. The summed E-state index contributed by atoms with van der Waals surface area (Å²) in [7, 11) is 0. The van der Waals surface area contributed by atoms with Crippen LogP contribution in [0, 0.1) is 13.8 Å². The minimum Gasteiger partial charge on any atom is -0.323 e. The molecule has 0 radical (unpaired) electrons. The molecule has 2 aliphatic heterocycles. The van der Waals surface area contributed by atoms with Crippen molar-refractivity contribution in [2.75, 3.05) is 21.7 Å². The van der Waals surface area contributed by atoms with Crippen LogP contribution in [0.4, 0.5) is 17.1 Å². The Hall–Kier alpha value is -4.26. The lowest BCUT2D eigenvalue weighted by Crippen LogP contribution is -2.42. The van der Waals surface area contributed by atoms with Crippen LogP contribution in [-0.4, -0.2) is 30.2 Å². The van der Waals surface area contributed by atoms with Gasteiger partial charge in [-0.15, -0.1) is 0 Å². The van der Waals surface area contributed by atoms with Gasteiger partial charge in [-0.2, -0.15) is 0 Å². The topological polar surface area (TPSA) is 86.8 Å². The summed E-state index contributed by atoms with van der Waals surface area (Å²) in [6, 6.07) is 17.1. The van der Waals surface area contributed by atoms with Crippen LogP contribution in [0.2, 0.25) is 0 Å². The number of imide groups is 1. The van der Waals surface area contributed by atoms with Gasteiger partial charge in [0.1, 0.15) is 6.54 Å². The number of nitrogens with zero attached hydrogens (tertiary/aromatic N) is 2. The molecule has 0 saturated carbocycles. The number of carbonyl (C=O) groups is 4. The van der Waals surface area contributed by atoms with Gasteiger partial charge in [-0.05, 0) is 61.4 Å². The number of amides is 4. The maximum Gasteiger partial charge on any atom is 0.266 e. The van der Waals surface area contributed by atoms with Crippen molar-refractivity contribution in [1.29, 1.82) is 0 Å². The number of para-hydroxylation sites is 2. The average molecular weight is 425 g/mol. The second-order valence-electron chi connectivity index (χ2n) is 7.95. The van der Waals surface area contributed by atoms with Gasteiger partial charge < -0.3 is 5.32 Å². The van der Waals surface area contributed by atoms with E-state index < -0.39 is 17.7 Å². The van der Waals surface area contributed by atoms with Gasteiger partial charge in [0.25, 0.3) is 17.7 Å². The van der Waals surface area contributed by atoms with E-state index in [-0.39, 0.29) is 29.1 Å². The summed E-state index contributed by atoms with van der Waals surface area (Å²) < 4.78 is 0. The van der Waals surface area contributed by atoms with E-state index in [9.17, 15) is 19.2 Å². The number of aryl methyl sites for hydroxylation is 2. The molecule has 7 heteroatoms. The summed E-state index contributed by atoms with van der Waals surface area (Å²) in [6.07, 6.45) is 0. The Balaban J connectivity index is 1.53.